The monoisotopic (exact) mass is 172 g/mol. The molecule has 0 bridgehead atoms. The summed E-state index contributed by atoms with van der Waals surface area (Å²) in [5, 5.41) is 1.79. The van der Waals surface area contributed by atoms with Crippen LogP contribution in [-0.2, 0) is 0 Å². The molecule has 0 amide bonds. The number of hydrogen-bond donors (Lipinski definition) is 1. The average Bonchev–Trinajstić information content (AvgIpc) is 2.15. The number of nitrogens with zero attached hydrogens (tertiary/aromatic N) is 1. The van der Waals surface area contributed by atoms with Crippen molar-refractivity contribution in [3.8, 4) is 0 Å². The lowest BCUT2D eigenvalue weighted by atomic mass is 10.9. The zero-order valence-corrected chi connectivity index (χ0v) is 8.64. The normalized spacial score (nSPS) is 7.90. The fourth-order valence-corrected chi connectivity index (χ4v) is 0.666. The van der Waals surface area contributed by atoms with Gasteiger partial charge in [0.15, 0.2) is 0 Å². The van der Waals surface area contributed by atoms with Crippen LogP contribution in [0.15, 0.2) is 10.9 Å². The average molecular weight is 172 g/mol. The van der Waals surface area contributed by atoms with Crippen LogP contribution in [0.5, 0.6) is 0 Å². The van der Waals surface area contributed by atoms with E-state index in [4.69, 9.17) is 5.73 Å². The number of nitrogens with two attached hydrogens (primary N) is 1. The maximum atomic E-state index is 5.18. The van der Waals surface area contributed by atoms with E-state index in [1.165, 1.54) is 11.3 Å². The highest BCUT2D eigenvalue weighted by atomic mass is 32.1. The van der Waals surface area contributed by atoms with Crippen LogP contribution in [-0.4, -0.2) is 19.1 Å². The summed E-state index contributed by atoms with van der Waals surface area (Å²) >= 11 is 1.36. The van der Waals surface area contributed by atoms with Gasteiger partial charge < -0.3 is 5.73 Å². The molecule has 0 aliphatic carbocycles. The van der Waals surface area contributed by atoms with Gasteiger partial charge in [0.2, 0.25) is 0 Å². The first-order chi connectivity index (χ1) is 4.63. The van der Waals surface area contributed by atoms with Crippen molar-refractivity contribution in [1.82, 2.24) is 4.98 Å². The number of hydrogen-bond acceptors (Lipinski definition) is 3. The van der Waals surface area contributed by atoms with Gasteiger partial charge in [0.05, 0.1) is 5.51 Å². The van der Waals surface area contributed by atoms with Crippen molar-refractivity contribution >= 4 is 31.3 Å². The molecule has 0 atom stereocenters. The third-order valence-corrected chi connectivity index (χ3v) is 1.06. The molecule has 10 heavy (non-hydrogen) atoms. The summed E-state index contributed by atoms with van der Waals surface area (Å²) in [6.07, 6.45) is 0. The third kappa shape index (κ3) is 7.96. The van der Waals surface area contributed by atoms with Crippen molar-refractivity contribution in [2.75, 3.05) is 5.73 Å². The largest absolute Gasteiger partial charge is 0.383 e. The van der Waals surface area contributed by atoms with Crippen LogP contribution in [0.25, 0.3) is 0 Å². The predicted octanol–water partition coefficient (Wildman–Crippen LogP) is 2.10. The maximum absolute atomic E-state index is 5.18. The predicted molar refractivity (Wildman–Crippen MR) is 49.9 cm³/mol. The summed E-state index contributed by atoms with van der Waals surface area (Å²) in [7, 11) is 0. The van der Waals surface area contributed by atoms with Gasteiger partial charge in [0.25, 0.3) is 14.1 Å². The minimum absolute atomic E-state index is 0.139. The van der Waals surface area contributed by atoms with E-state index in [1.807, 2.05) is 0 Å². The molecule has 0 aliphatic heterocycles. The van der Waals surface area contributed by atoms with E-state index >= 15 is 0 Å². The first-order valence-corrected chi connectivity index (χ1v) is 7.67. The Morgan fingerprint density at radius 1 is 1.50 bits per heavy atom. The molecular formula is C6H13AlN2S. The Bertz CT molecular complexity index is 148. The highest BCUT2D eigenvalue weighted by Crippen LogP contribution is 1.99. The summed E-state index contributed by atoms with van der Waals surface area (Å²) < 4.78 is 0. The van der Waals surface area contributed by atoms with Crippen LogP contribution < -0.4 is 5.73 Å². The summed E-state index contributed by atoms with van der Waals surface area (Å²) in [6.45, 7) is 0. The number of aromatic nitrogens is 1. The van der Waals surface area contributed by atoms with Gasteiger partial charge in [0, 0.05) is 5.38 Å². The topological polar surface area (TPSA) is 38.9 Å². The fraction of sp³-hybridized carbons (Fsp3) is 0.500. The van der Waals surface area contributed by atoms with Crippen molar-refractivity contribution in [3.63, 3.8) is 0 Å². The van der Waals surface area contributed by atoms with Gasteiger partial charge in [-0.1, -0.05) is 0 Å². The smallest absolute Gasteiger partial charge is 0.251 e. The Morgan fingerprint density at radius 2 is 2.00 bits per heavy atom. The van der Waals surface area contributed by atoms with Gasteiger partial charge >= 0.3 is 0 Å². The molecule has 2 nitrogen and oxygen atoms in total. The highest BCUT2D eigenvalue weighted by Gasteiger charge is 1.82. The van der Waals surface area contributed by atoms with Crippen LogP contribution in [0.4, 0.5) is 5.82 Å². The van der Waals surface area contributed by atoms with Crippen molar-refractivity contribution in [2.45, 2.75) is 17.4 Å². The van der Waals surface area contributed by atoms with Gasteiger partial charge in [-0.05, 0) is 0 Å². The molecule has 1 rings (SSSR count). The first-order valence-electron chi connectivity index (χ1n) is 3.26. The minimum atomic E-state index is -0.139. The van der Waals surface area contributed by atoms with E-state index in [0.29, 0.717) is 5.82 Å². The summed E-state index contributed by atoms with van der Waals surface area (Å²) in [5.74, 6) is 7.53. The van der Waals surface area contributed by atoms with E-state index in [0.717, 1.165) is 0 Å². The Balaban J connectivity index is 0.000000180. The van der Waals surface area contributed by atoms with Crippen LogP contribution in [0.2, 0.25) is 17.4 Å². The van der Waals surface area contributed by atoms with Crippen LogP contribution in [0.1, 0.15) is 0 Å². The minimum Gasteiger partial charge on any atom is -0.383 e. The fourth-order valence-electron chi connectivity index (χ4n) is 0.222. The standard InChI is InChI=1S/C3H4N2S.3CH3.Al/c4-3-1-6-2-5-3;;;;/h1-2H,4H2;3*1H3;. The number of nitrogen functional groups attached to an aromatic ring is 1. The molecule has 0 radical (unpaired) electrons. The van der Waals surface area contributed by atoms with Gasteiger partial charge in [-0.2, -0.15) is 0 Å². The SMILES string of the molecule is Nc1cscn1.[CH3][Al]([CH3])[CH3]. The van der Waals surface area contributed by atoms with E-state index in [1.54, 1.807) is 10.9 Å². The Hall–Kier alpha value is -0.0375. The molecule has 4 heteroatoms. The maximum Gasteiger partial charge on any atom is 0.251 e. The Labute approximate surface area is 70.5 Å². The molecule has 0 unspecified atom stereocenters. The number of rotatable bonds is 0. The van der Waals surface area contributed by atoms with Crippen molar-refractivity contribution in [2.24, 2.45) is 0 Å². The molecule has 0 fully saturated rings. The zero-order chi connectivity index (χ0) is 7.98. The van der Waals surface area contributed by atoms with Crippen molar-refractivity contribution in [1.29, 1.82) is 0 Å². The summed E-state index contributed by atoms with van der Waals surface area (Å²) in [6, 6.07) is 0. The molecule has 0 aliphatic rings. The molecule has 1 aromatic heterocycles. The lowest BCUT2D eigenvalue weighted by Crippen LogP contribution is -1.84. The lowest BCUT2D eigenvalue weighted by Gasteiger charge is -1.67. The van der Waals surface area contributed by atoms with Crippen molar-refractivity contribution < 1.29 is 0 Å². The molecule has 56 valence electrons. The summed E-state index contributed by atoms with van der Waals surface area (Å²) in [4.78, 5) is 3.71. The quantitative estimate of drug-likeness (QED) is 0.608. The van der Waals surface area contributed by atoms with Gasteiger partial charge in [-0.25, -0.2) is 4.98 Å². The molecular weight excluding hydrogens is 159 g/mol. The molecule has 1 heterocycles. The number of anilines is 1. The van der Waals surface area contributed by atoms with E-state index in [2.05, 4.69) is 22.3 Å². The molecule has 0 aromatic carbocycles. The van der Waals surface area contributed by atoms with Crippen LogP contribution in [0, 0.1) is 0 Å². The molecule has 0 spiro atoms. The second kappa shape index (κ2) is 5.73. The van der Waals surface area contributed by atoms with Gasteiger partial charge in [-0.15, -0.1) is 28.7 Å². The Morgan fingerprint density at radius 3 is 2.10 bits per heavy atom. The van der Waals surface area contributed by atoms with E-state index < -0.39 is 0 Å². The van der Waals surface area contributed by atoms with Crippen molar-refractivity contribution in [3.05, 3.63) is 10.9 Å². The second-order valence-electron chi connectivity index (χ2n) is 2.65. The molecule has 0 saturated heterocycles. The number of thiazole rings is 1. The van der Waals surface area contributed by atoms with Gasteiger partial charge in [0.1, 0.15) is 5.82 Å². The second-order valence-corrected chi connectivity index (χ2v) is 6.83. The Kier molecular flexibility index (Phi) is 5.70. The zero-order valence-electron chi connectivity index (χ0n) is 6.66. The molecule has 1 aromatic rings. The first kappa shape index (κ1) is 9.96. The van der Waals surface area contributed by atoms with E-state index in [9.17, 15) is 0 Å². The van der Waals surface area contributed by atoms with Gasteiger partial charge in [-0.3, -0.25) is 0 Å². The van der Waals surface area contributed by atoms with E-state index in [-0.39, 0.29) is 14.1 Å². The highest BCUT2D eigenvalue weighted by molar-refractivity contribution is 7.07. The molecule has 0 saturated carbocycles. The summed E-state index contributed by atoms with van der Waals surface area (Å²) in [5.41, 5.74) is 6.88. The molecule has 2 N–H and O–H groups in total. The van der Waals surface area contributed by atoms with Crippen LogP contribution in [0.3, 0.4) is 0 Å². The third-order valence-electron chi connectivity index (χ3n) is 0.451. The van der Waals surface area contributed by atoms with Crippen LogP contribution >= 0.6 is 11.3 Å². The lowest BCUT2D eigenvalue weighted by molar-refractivity contribution is 1.43.